The Morgan fingerprint density at radius 1 is 1.05 bits per heavy atom. The van der Waals surface area contributed by atoms with Gasteiger partial charge in [-0.25, -0.2) is 0 Å². The normalized spacial score (nSPS) is 17.2. The highest BCUT2D eigenvalue weighted by Gasteiger charge is 2.27. The van der Waals surface area contributed by atoms with Gasteiger partial charge in [0.2, 0.25) is 0 Å². The molecule has 1 fully saturated rings. The summed E-state index contributed by atoms with van der Waals surface area (Å²) in [4.78, 5) is 0. The Kier molecular flexibility index (Phi) is 4.13. The van der Waals surface area contributed by atoms with Gasteiger partial charge in [-0.3, -0.25) is 0 Å². The Balaban J connectivity index is 2.02. The van der Waals surface area contributed by atoms with Crippen LogP contribution in [0.2, 0.25) is 0 Å². The van der Waals surface area contributed by atoms with Gasteiger partial charge < -0.3 is 14.6 Å². The SMILES string of the molecule is CCCCOc1ccc([N+]2([O-])CCCC2)c2ccccc12. The zero-order valence-corrected chi connectivity index (χ0v) is 12.7. The lowest BCUT2D eigenvalue weighted by Crippen LogP contribution is -2.39. The first-order valence-corrected chi connectivity index (χ1v) is 7.98. The zero-order valence-electron chi connectivity index (χ0n) is 12.7. The molecule has 0 atom stereocenters. The number of unbranched alkanes of at least 4 members (excludes halogenated alkanes) is 1. The number of fused-ring (bicyclic) bond motifs is 1. The molecule has 2 aromatic rings. The maximum Gasteiger partial charge on any atom is 0.141 e. The third-order valence-electron chi connectivity index (χ3n) is 4.34. The molecule has 21 heavy (non-hydrogen) atoms. The molecule has 0 saturated carbocycles. The van der Waals surface area contributed by atoms with E-state index in [1.54, 1.807) is 0 Å². The molecule has 3 rings (SSSR count). The first kappa shape index (κ1) is 14.4. The fourth-order valence-corrected chi connectivity index (χ4v) is 3.15. The lowest BCUT2D eigenvalue weighted by Gasteiger charge is -2.38. The minimum absolute atomic E-state index is 0.185. The highest BCUT2D eigenvalue weighted by molar-refractivity contribution is 5.97. The van der Waals surface area contributed by atoms with Crippen LogP contribution < -0.4 is 9.38 Å². The predicted octanol–water partition coefficient (Wildman–Crippen LogP) is 4.62. The van der Waals surface area contributed by atoms with Crippen molar-refractivity contribution >= 4 is 16.5 Å². The molecular formula is C18H23NO2. The van der Waals surface area contributed by atoms with Gasteiger partial charge in [-0.1, -0.05) is 31.5 Å². The van der Waals surface area contributed by atoms with E-state index in [0.29, 0.717) is 13.1 Å². The molecule has 112 valence electrons. The Morgan fingerprint density at radius 3 is 2.48 bits per heavy atom. The van der Waals surface area contributed by atoms with Crippen molar-refractivity contribution < 1.29 is 4.74 Å². The summed E-state index contributed by atoms with van der Waals surface area (Å²) in [7, 11) is 0. The van der Waals surface area contributed by atoms with Crippen LogP contribution in [0, 0.1) is 5.21 Å². The molecule has 0 N–H and O–H groups in total. The standard InChI is InChI=1S/C18H23NO2/c1-2-3-14-21-18-11-10-17(19(20)12-6-7-13-19)15-8-4-5-9-16(15)18/h4-5,8-11H,2-3,6-7,12-14H2,1H3. The van der Waals surface area contributed by atoms with E-state index in [1.807, 2.05) is 30.3 Å². The second kappa shape index (κ2) is 6.04. The van der Waals surface area contributed by atoms with Crippen molar-refractivity contribution in [1.82, 2.24) is 4.65 Å². The van der Waals surface area contributed by atoms with Gasteiger partial charge in [0.15, 0.2) is 0 Å². The van der Waals surface area contributed by atoms with Crippen LogP contribution in [0.15, 0.2) is 36.4 Å². The third kappa shape index (κ3) is 2.76. The number of quaternary nitrogens is 1. The molecule has 3 heteroatoms. The number of hydrogen-bond acceptors (Lipinski definition) is 2. The van der Waals surface area contributed by atoms with Crippen molar-refractivity contribution in [3.63, 3.8) is 0 Å². The van der Waals surface area contributed by atoms with Crippen molar-refractivity contribution in [3.05, 3.63) is 41.6 Å². The summed E-state index contributed by atoms with van der Waals surface area (Å²) >= 11 is 0. The molecule has 0 spiro atoms. The molecule has 0 aliphatic carbocycles. The second-order valence-corrected chi connectivity index (χ2v) is 5.87. The van der Waals surface area contributed by atoms with E-state index in [9.17, 15) is 5.21 Å². The van der Waals surface area contributed by atoms with E-state index >= 15 is 0 Å². The molecule has 1 saturated heterocycles. The summed E-state index contributed by atoms with van der Waals surface area (Å²) in [6.07, 6.45) is 4.22. The number of hydrogen-bond donors (Lipinski definition) is 0. The Bertz CT molecular complexity index is 618. The summed E-state index contributed by atoms with van der Waals surface area (Å²) in [5.74, 6) is 0.897. The summed E-state index contributed by atoms with van der Waals surface area (Å²) in [6.45, 7) is 4.28. The fraction of sp³-hybridized carbons (Fsp3) is 0.444. The molecule has 0 radical (unpaired) electrons. The molecule has 0 bridgehead atoms. The predicted molar refractivity (Wildman–Crippen MR) is 88.5 cm³/mol. The van der Waals surface area contributed by atoms with Crippen LogP contribution in [0.3, 0.4) is 0 Å². The number of nitrogens with zero attached hydrogens (tertiary/aromatic N) is 1. The van der Waals surface area contributed by atoms with E-state index < -0.39 is 0 Å². The van der Waals surface area contributed by atoms with Gasteiger partial charge in [0, 0.05) is 29.7 Å². The molecule has 0 unspecified atom stereocenters. The molecule has 0 amide bonds. The lowest BCUT2D eigenvalue weighted by atomic mass is 10.1. The van der Waals surface area contributed by atoms with Gasteiger partial charge in [-0.05, 0) is 18.6 Å². The first-order chi connectivity index (χ1) is 10.2. The van der Waals surface area contributed by atoms with E-state index in [0.717, 1.165) is 54.5 Å². The van der Waals surface area contributed by atoms with Gasteiger partial charge >= 0.3 is 0 Å². The van der Waals surface area contributed by atoms with E-state index in [2.05, 4.69) is 13.0 Å². The number of benzene rings is 2. The molecule has 0 aromatic heterocycles. The summed E-state index contributed by atoms with van der Waals surface area (Å²) < 4.78 is 5.72. The number of ether oxygens (including phenoxy) is 1. The van der Waals surface area contributed by atoms with Crippen LogP contribution in [-0.2, 0) is 0 Å². The van der Waals surface area contributed by atoms with E-state index in [1.165, 1.54) is 0 Å². The van der Waals surface area contributed by atoms with Crippen LogP contribution >= 0.6 is 0 Å². The maximum absolute atomic E-state index is 13.0. The van der Waals surface area contributed by atoms with Gasteiger partial charge in [0.1, 0.15) is 11.4 Å². The molecular weight excluding hydrogens is 262 g/mol. The molecule has 1 aliphatic rings. The topological polar surface area (TPSA) is 32.3 Å². The maximum atomic E-state index is 13.0. The van der Waals surface area contributed by atoms with Crippen LogP contribution in [-0.4, -0.2) is 19.7 Å². The zero-order chi connectivity index (χ0) is 14.7. The average molecular weight is 285 g/mol. The first-order valence-electron chi connectivity index (χ1n) is 7.98. The van der Waals surface area contributed by atoms with E-state index in [-0.39, 0.29) is 4.65 Å². The van der Waals surface area contributed by atoms with Crippen molar-refractivity contribution in [2.75, 3.05) is 19.7 Å². The second-order valence-electron chi connectivity index (χ2n) is 5.87. The van der Waals surface area contributed by atoms with Gasteiger partial charge in [-0.2, -0.15) is 0 Å². The van der Waals surface area contributed by atoms with Crippen LogP contribution in [0.1, 0.15) is 32.6 Å². The largest absolute Gasteiger partial charge is 0.627 e. The fourth-order valence-electron chi connectivity index (χ4n) is 3.15. The smallest absolute Gasteiger partial charge is 0.141 e. The van der Waals surface area contributed by atoms with Crippen LogP contribution in [0.5, 0.6) is 5.75 Å². The van der Waals surface area contributed by atoms with Crippen LogP contribution in [0.25, 0.3) is 10.8 Å². The van der Waals surface area contributed by atoms with Crippen molar-refractivity contribution in [3.8, 4) is 5.75 Å². The summed E-state index contributed by atoms with van der Waals surface area (Å²) in [6, 6.07) is 12.1. The highest BCUT2D eigenvalue weighted by atomic mass is 16.5. The molecule has 1 aliphatic heterocycles. The van der Waals surface area contributed by atoms with E-state index in [4.69, 9.17) is 4.74 Å². The van der Waals surface area contributed by atoms with Crippen molar-refractivity contribution in [2.45, 2.75) is 32.6 Å². The van der Waals surface area contributed by atoms with Crippen molar-refractivity contribution in [2.24, 2.45) is 0 Å². The Labute approximate surface area is 126 Å². The Hall–Kier alpha value is -1.58. The molecule has 3 nitrogen and oxygen atoms in total. The third-order valence-corrected chi connectivity index (χ3v) is 4.34. The summed E-state index contributed by atoms with van der Waals surface area (Å²) in [5, 5.41) is 15.1. The van der Waals surface area contributed by atoms with Gasteiger partial charge in [-0.15, -0.1) is 0 Å². The summed E-state index contributed by atoms with van der Waals surface area (Å²) in [5.41, 5.74) is 0.894. The monoisotopic (exact) mass is 285 g/mol. The van der Waals surface area contributed by atoms with Crippen LogP contribution in [0.4, 0.5) is 5.69 Å². The number of rotatable bonds is 5. The lowest BCUT2D eigenvalue weighted by molar-refractivity contribution is 0.313. The minimum Gasteiger partial charge on any atom is -0.627 e. The quantitative estimate of drug-likeness (QED) is 0.456. The molecule has 1 heterocycles. The average Bonchev–Trinajstić information content (AvgIpc) is 2.95. The highest BCUT2D eigenvalue weighted by Crippen LogP contribution is 2.38. The van der Waals surface area contributed by atoms with Crippen molar-refractivity contribution in [1.29, 1.82) is 0 Å². The Morgan fingerprint density at radius 2 is 1.76 bits per heavy atom. The number of hydroxylamine groups is 2. The minimum atomic E-state index is -0.185. The van der Waals surface area contributed by atoms with Gasteiger partial charge in [0.05, 0.1) is 19.7 Å². The van der Waals surface area contributed by atoms with Gasteiger partial charge in [0.25, 0.3) is 0 Å². The molecule has 2 aromatic carbocycles.